The zero-order valence-corrected chi connectivity index (χ0v) is 15.5. The molecule has 1 aliphatic carbocycles. The Balaban J connectivity index is 2.63. The van der Waals surface area contributed by atoms with E-state index in [0.29, 0.717) is 17.3 Å². The first-order valence-electron chi connectivity index (χ1n) is 9.53. The predicted molar refractivity (Wildman–Crippen MR) is 93.4 cm³/mol. The van der Waals surface area contributed by atoms with Gasteiger partial charge in [-0.3, -0.25) is 0 Å². The molecule has 126 valence electrons. The van der Waals surface area contributed by atoms with Crippen molar-refractivity contribution in [3.63, 3.8) is 0 Å². The smallest absolute Gasteiger partial charge is 0.0629 e. The maximum Gasteiger partial charge on any atom is 0.0629 e. The summed E-state index contributed by atoms with van der Waals surface area (Å²) in [7, 11) is 0. The monoisotopic (exact) mass is 296 g/mol. The Hall–Kier alpha value is -0.0400. The fraction of sp³-hybridized carbons (Fsp3) is 1.00. The van der Waals surface area contributed by atoms with Crippen LogP contribution in [-0.4, -0.2) is 11.2 Å². The van der Waals surface area contributed by atoms with Crippen molar-refractivity contribution < 1.29 is 5.11 Å². The maximum absolute atomic E-state index is 11.0. The topological polar surface area (TPSA) is 20.2 Å². The molecule has 1 rings (SSSR count). The molecule has 5 atom stereocenters. The molecule has 5 unspecified atom stereocenters. The van der Waals surface area contributed by atoms with Crippen LogP contribution >= 0.6 is 0 Å². The third kappa shape index (κ3) is 4.03. The van der Waals surface area contributed by atoms with E-state index in [1.54, 1.807) is 0 Å². The Labute approximate surface area is 133 Å². The largest absolute Gasteiger partial charge is 0.392 e. The summed E-state index contributed by atoms with van der Waals surface area (Å²) in [5.41, 5.74) is 0.454. The van der Waals surface area contributed by atoms with E-state index in [1.807, 2.05) is 0 Å². The molecule has 0 amide bonds. The highest BCUT2D eigenvalue weighted by Gasteiger charge is 2.56. The van der Waals surface area contributed by atoms with E-state index < -0.39 is 0 Å². The Morgan fingerprint density at radius 3 is 2.14 bits per heavy atom. The van der Waals surface area contributed by atoms with Gasteiger partial charge in [-0.15, -0.1) is 0 Å². The van der Waals surface area contributed by atoms with Crippen LogP contribution in [0.25, 0.3) is 0 Å². The molecule has 0 spiro atoms. The summed E-state index contributed by atoms with van der Waals surface area (Å²) in [6, 6.07) is 0. The minimum absolute atomic E-state index is 0.113. The van der Waals surface area contributed by atoms with Gasteiger partial charge >= 0.3 is 0 Å². The molecule has 1 N–H and O–H groups in total. The Kier molecular flexibility index (Phi) is 7.24. The highest BCUT2D eigenvalue weighted by Crippen LogP contribution is 2.59. The van der Waals surface area contributed by atoms with Gasteiger partial charge in [0, 0.05) is 0 Å². The number of hydrogen-bond donors (Lipinski definition) is 1. The zero-order chi connectivity index (χ0) is 16.1. The van der Waals surface area contributed by atoms with Gasteiger partial charge in [-0.05, 0) is 29.1 Å². The van der Waals surface area contributed by atoms with E-state index in [1.165, 1.54) is 51.4 Å². The SMILES string of the molecule is CCCCCCCC(C)C1(C)CC(C)(CC)C(CC)C1O. The average molecular weight is 297 g/mol. The minimum Gasteiger partial charge on any atom is -0.392 e. The molecule has 1 fully saturated rings. The van der Waals surface area contributed by atoms with Gasteiger partial charge in [0.15, 0.2) is 0 Å². The molecule has 1 saturated carbocycles. The quantitative estimate of drug-likeness (QED) is 0.502. The van der Waals surface area contributed by atoms with Crippen molar-refractivity contribution in [2.24, 2.45) is 22.7 Å². The van der Waals surface area contributed by atoms with Crippen LogP contribution in [0.3, 0.4) is 0 Å². The first-order chi connectivity index (χ1) is 9.85. The summed E-state index contributed by atoms with van der Waals surface area (Å²) in [5.74, 6) is 1.12. The summed E-state index contributed by atoms with van der Waals surface area (Å²) in [6.07, 6.45) is 11.5. The van der Waals surface area contributed by atoms with Crippen molar-refractivity contribution in [2.75, 3.05) is 0 Å². The second-order valence-electron chi connectivity index (χ2n) is 8.25. The Bertz CT molecular complexity index is 300. The molecule has 1 aliphatic rings. The van der Waals surface area contributed by atoms with E-state index in [9.17, 15) is 5.11 Å². The van der Waals surface area contributed by atoms with Crippen LogP contribution < -0.4 is 0 Å². The standard InChI is InChI=1S/C20H40O/c1-7-10-11-12-13-14-16(4)20(6)15-19(5,9-3)17(8-2)18(20)21/h16-18,21H,7-15H2,1-6H3. The first-order valence-corrected chi connectivity index (χ1v) is 9.53. The first kappa shape index (κ1) is 19.0. The van der Waals surface area contributed by atoms with Crippen molar-refractivity contribution in [1.29, 1.82) is 0 Å². The van der Waals surface area contributed by atoms with Crippen LogP contribution in [0.5, 0.6) is 0 Å². The molecule has 0 bridgehead atoms. The van der Waals surface area contributed by atoms with Gasteiger partial charge in [-0.2, -0.15) is 0 Å². The van der Waals surface area contributed by atoms with Gasteiger partial charge in [0.05, 0.1) is 6.10 Å². The van der Waals surface area contributed by atoms with E-state index in [-0.39, 0.29) is 11.5 Å². The van der Waals surface area contributed by atoms with Crippen LogP contribution in [0.2, 0.25) is 0 Å². The number of hydrogen-bond acceptors (Lipinski definition) is 1. The van der Waals surface area contributed by atoms with Crippen LogP contribution in [0.4, 0.5) is 0 Å². The number of unbranched alkanes of at least 4 members (excludes halogenated alkanes) is 4. The van der Waals surface area contributed by atoms with Crippen molar-refractivity contribution in [2.45, 2.75) is 105 Å². The van der Waals surface area contributed by atoms with E-state index >= 15 is 0 Å². The maximum atomic E-state index is 11.0. The minimum atomic E-state index is -0.113. The van der Waals surface area contributed by atoms with Crippen molar-refractivity contribution in [1.82, 2.24) is 0 Å². The highest BCUT2D eigenvalue weighted by atomic mass is 16.3. The van der Waals surface area contributed by atoms with Crippen molar-refractivity contribution in [3.05, 3.63) is 0 Å². The van der Waals surface area contributed by atoms with E-state index in [4.69, 9.17) is 0 Å². The molecular formula is C20H40O. The zero-order valence-electron chi connectivity index (χ0n) is 15.5. The molecule has 0 heterocycles. The summed E-state index contributed by atoms with van der Waals surface area (Å²) < 4.78 is 0. The van der Waals surface area contributed by atoms with Gasteiger partial charge in [-0.1, -0.05) is 92.9 Å². The molecule has 0 aliphatic heterocycles. The van der Waals surface area contributed by atoms with Crippen LogP contribution in [-0.2, 0) is 0 Å². The van der Waals surface area contributed by atoms with Crippen LogP contribution in [0.15, 0.2) is 0 Å². The molecule has 0 aromatic heterocycles. The lowest BCUT2D eigenvalue weighted by molar-refractivity contribution is -0.00628. The third-order valence-electron chi connectivity index (χ3n) is 6.85. The van der Waals surface area contributed by atoms with E-state index in [2.05, 4.69) is 41.5 Å². The second kappa shape index (κ2) is 7.99. The van der Waals surface area contributed by atoms with E-state index in [0.717, 1.165) is 6.42 Å². The van der Waals surface area contributed by atoms with Gasteiger partial charge in [0.2, 0.25) is 0 Å². The van der Waals surface area contributed by atoms with Crippen molar-refractivity contribution in [3.8, 4) is 0 Å². The molecule has 21 heavy (non-hydrogen) atoms. The van der Waals surface area contributed by atoms with Gasteiger partial charge in [0.25, 0.3) is 0 Å². The van der Waals surface area contributed by atoms with Gasteiger partial charge in [-0.25, -0.2) is 0 Å². The fourth-order valence-electron chi connectivity index (χ4n) is 4.90. The average Bonchev–Trinajstić information content (AvgIpc) is 2.67. The lowest BCUT2D eigenvalue weighted by atomic mass is 9.70. The molecule has 0 radical (unpaired) electrons. The number of aliphatic hydroxyl groups is 1. The molecule has 0 saturated heterocycles. The lowest BCUT2D eigenvalue weighted by Crippen LogP contribution is -2.36. The predicted octanol–water partition coefficient (Wildman–Crippen LogP) is 6.20. The summed E-state index contributed by atoms with van der Waals surface area (Å²) >= 11 is 0. The Morgan fingerprint density at radius 1 is 1.05 bits per heavy atom. The summed E-state index contributed by atoms with van der Waals surface area (Å²) in [6.45, 7) is 14.0. The van der Waals surface area contributed by atoms with Crippen molar-refractivity contribution >= 4 is 0 Å². The third-order valence-corrected chi connectivity index (χ3v) is 6.85. The Morgan fingerprint density at radius 2 is 1.67 bits per heavy atom. The molecule has 0 aromatic carbocycles. The highest BCUT2D eigenvalue weighted by molar-refractivity contribution is 5.05. The summed E-state index contributed by atoms with van der Waals surface area (Å²) in [5, 5.41) is 11.0. The normalized spacial score (nSPS) is 37.9. The summed E-state index contributed by atoms with van der Waals surface area (Å²) in [4.78, 5) is 0. The number of rotatable bonds is 9. The fourth-order valence-corrected chi connectivity index (χ4v) is 4.90. The van der Waals surface area contributed by atoms with Gasteiger partial charge in [0.1, 0.15) is 0 Å². The van der Waals surface area contributed by atoms with Crippen LogP contribution in [0, 0.1) is 22.7 Å². The molecule has 1 heteroatoms. The molecule has 1 nitrogen and oxygen atoms in total. The molecule has 0 aromatic rings. The lowest BCUT2D eigenvalue weighted by Gasteiger charge is -2.36. The van der Waals surface area contributed by atoms with Crippen LogP contribution in [0.1, 0.15) is 99.3 Å². The van der Waals surface area contributed by atoms with Gasteiger partial charge < -0.3 is 5.11 Å². The number of aliphatic hydroxyl groups excluding tert-OH is 1. The molecular weight excluding hydrogens is 256 g/mol. The second-order valence-corrected chi connectivity index (χ2v) is 8.25.